The van der Waals surface area contributed by atoms with Crippen LogP contribution >= 0.6 is 0 Å². The van der Waals surface area contributed by atoms with Crippen molar-refractivity contribution in [3.8, 4) is 5.69 Å². The van der Waals surface area contributed by atoms with Crippen LogP contribution in [0.4, 0.5) is 5.69 Å². The summed E-state index contributed by atoms with van der Waals surface area (Å²) >= 11 is 0. The van der Waals surface area contributed by atoms with Gasteiger partial charge in [0.2, 0.25) is 5.69 Å². The topological polar surface area (TPSA) is 48.1 Å². The van der Waals surface area contributed by atoms with E-state index in [-0.39, 0.29) is 28.1 Å². The molecule has 2 aliphatic rings. The molecular weight excluding hydrogens is 420 g/mol. The van der Waals surface area contributed by atoms with Crippen LogP contribution in [0.25, 0.3) is 22.2 Å². The number of rotatable bonds is 3. The lowest BCUT2D eigenvalue weighted by Gasteiger charge is -2.30. The Labute approximate surface area is 198 Å². The minimum absolute atomic E-state index is 0.186. The van der Waals surface area contributed by atoms with Gasteiger partial charge in [0.1, 0.15) is 7.05 Å². The molecule has 4 nitrogen and oxygen atoms in total. The van der Waals surface area contributed by atoms with Crippen LogP contribution in [0.15, 0.2) is 102 Å². The van der Waals surface area contributed by atoms with Gasteiger partial charge in [-0.05, 0) is 32.0 Å². The molecule has 6 rings (SSSR count). The molecule has 0 atom stereocenters. The Balaban J connectivity index is 1.48. The number of benzene rings is 3. The maximum absolute atomic E-state index is 13.4. The van der Waals surface area contributed by atoms with Gasteiger partial charge in [0.15, 0.2) is 11.5 Å². The molecule has 0 radical (unpaired) electrons. The average molecular weight is 445 g/mol. The molecule has 34 heavy (non-hydrogen) atoms. The molecule has 166 valence electrons. The smallest absolute Gasteiger partial charge is 0.209 e. The first-order valence-electron chi connectivity index (χ1n) is 11.4. The van der Waals surface area contributed by atoms with Gasteiger partial charge in [-0.15, -0.1) is 0 Å². The van der Waals surface area contributed by atoms with Crippen LogP contribution in [-0.2, 0) is 10.2 Å². The fourth-order valence-corrected chi connectivity index (χ4v) is 5.37. The van der Waals surface area contributed by atoms with Crippen LogP contribution < -0.4 is 5.11 Å². The van der Waals surface area contributed by atoms with Gasteiger partial charge in [0, 0.05) is 51.7 Å². The maximum Gasteiger partial charge on any atom is 0.209 e. The first-order chi connectivity index (χ1) is 16.4. The molecule has 0 fully saturated rings. The van der Waals surface area contributed by atoms with Crippen molar-refractivity contribution in [3.63, 3.8) is 0 Å². The minimum Gasteiger partial charge on any atom is -0.871 e. The summed E-state index contributed by atoms with van der Waals surface area (Å²) in [4.78, 5) is 13.4. The first-order valence-corrected chi connectivity index (χ1v) is 11.4. The van der Waals surface area contributed by atoms with Gasteiger partial charge < -0.3 is 9.67 Å². The monoisotopic (exact) mass is 444 g/mol. The van der Waals surface area contributed by atoms with Crippen molar-refractivity contribution >= 4 is 33.7 Å². The highest BCUT2D eigenvalue weighted by atomic mass is 16.3. The molecule has 4 aromatic rings. The molecule has 0 saturated heterocycles. The van der Waals surface area contributed by atoms with Crippen molar-refractivity contribution in [2.45, 2.75) is 19.3 Å². The fourth-order valence-electron chi connectivity index (χ4n) is 5.37. The van der Waals surface area contributed by atoms with Crippen molar-refractivity contribution < 1.29 is 14.5 Å². The van der Waals surface area contributed by atoms with Gasteiger partial charge in [-0.2, -0.15) is 4.58 Å². The van der Waals surface area contributed by atoms with E-state index in [2.05, 4.69) is 30.6 Å². The molecule has 0 spiro atoms. The molecule has 1 aromatic heterocycles. The van der Waals surface area contributed by atoms with Gasteiger partial charge in [0.25, 0.3) is 0 Å². The number of hydrogen-bond acceptors (Lipinski definition) is 2. The molecule has 1 aliphatic carbocycles. The quantitative estimate of drug-likeness (QED) is 0.333. The third-order valence-corrected chi connectivity index (χ3v) is 7.18. The van der Waals surface area contributed by atoms with E-state index in [0.717, 1.165) is 28.0 Å². The SMILES string of the molecule is C[N+]1=C(/C=C2/C(=O)C(c3cn(-c4ccccc4)c4ccccc34)=C2[O-])C(C)(C)c2ccccc21. The van der Waals surface area contributed by atoms with E-state index in [0.29, 0.717) is 5.56 Å². The fraction of sp³-hybridized carbons (Fsp3) is 0.133. The summed E-state index contributed by atoms with van der Waals surface area (Å²) in [5.41, 5.74) is 6.14. The second-order valence-electron chi connectivity index (χ2n) is 9.44. The maximum atomic E-state index is 13.4. The van der Waals surface area contributed by atoms with Crippen molar-refractivity contribution in [3.05, 3.63) is 114 Å². The number of fused-ring (bicyclic) bond motifs is 2. The van der Waals surface area contributed by atoms with E-state index >= 15 is 0 Å². The van der Waals surface area contributed by atoms with Gasteiger partial charge in [-0.3, -0.25) is 4.79 Å². The zero-order valence-corrected chi connectivity index (χ0v) is 19.4. The van der Waals surface area contributed by atoms with Crippen molar-refractivity contribution in [1.29, 1.82) is 0 Å². The Morgan fingerprint density at radius 3 is 2.32 bits per heavy atom. The number of ketones is 1. The Kier molecular flexibility index (Phi) is 4.30. The normalized spacial score (nSPS) is 18.1. The number of aromatic nitrogens is 1. The summed E-state index contributed by atoms with van der Waals surface area (Å²) in [5, 5.41) is 14.3. The van der Waals surface area contributed by atoms with E-state index < -0.39 is 0 Å². The first kappa shape index (κ1) is 20.4. The van der Waals surface area contributed by atoms with Crippen molar-refractivity contribution in [1.82, 2.24) is 4.57 Å². The second kappa shape index (κ2) is 7.16. The summed E-state index contributed by atoms with van der Waals surface area (Å²) in [6.07, 6.45) is 3.71. The zero-order valence-electron chi connectivity index (χ0n) is 19.4. The van der Waals surface area contributed by atoms with Crippen LogP contribution in [0.2, 0.25) is 0 Å². The predicted octanol–water partition coefficient (Wildman–Crippen LogP) is 4.92. The van der Waals surface area contributed by atoms with Gasteiger partial charge in [0.05, 0.1) is 10.9 Å². The number of carbonyl (C=O) groups is 1. The zero-order chi connectivity index (χ0) is 23.6. The third kappa shape index (κ3) is 2.72. The van der Waals surface area contributed by atoms with E-state index in [1.165, 1.54) is 5.56 Å². The van der Waals surface area contributed by atoms with Gasteiger partial charge >= 0.3 is 0 Å². The highest BCUT2D eigenvalue weighted by molar-refractivity contribution is 6.41. The molecule has 0 N–H and O–H groups in total. The lowest BCUT2D eigenvalue weighted by molar-refractivity contribution is -0.401. The largest absolute Gasteiger partial charge is 0.871 e. The average Bonchev–Trinajstić information content (AvgIpc) is 3.32. The number of nitrogens with zero attached hydrogens (tertiary/aromatic N) is 2. The van der Waals surface area contributed by atoms with Crippen molar-refractivity contribution in [2.24, 2.45) is 0 Å². The number of Topliss-reactive ketones (excluding diaryl/α,β-unsaturated/α-hetero) is 1. The van der Waals surface area contributed by atoms with Crippen LogP contribution in [-0.4, -0.2) is 27.7 Å². The number of para-hydroxylation sites is 3. The lowest BCUT2D eigenvalue weighted by Crippen LogP contribution is -2.33. The van der Waals surface area contributed by atoms with Crippen molar-refractivity contribution in [2.75, 3.05) is 7.05 Å². The van der Waals surface area contributed by atoms with E-state index in [1.54, 1.807) is 6.08 Å². The minimum atomic E-state index is -0.294. The molecule has 2 heterocycles. The predicted molar refractivity (Wildman–Crippen MR) is 134 cm³/mol. The molecule has 3 aromatic carbocycles. The number of allylic oxidation sites excluding steroid dienone is 3. The molecule has 4 heteroatoms. The standard InChI is InChI=1S/C30H24N2O2/c1-30(2)23-14-8-10-16-25(23)31(3)26(30)17-21-28(33)27(29(21)34)22-18-32(19-11-5-4-6-12-19)24-15-9-7-13-20(22)24/h4-18H,1-3H3. The van der Waals surface area contributed by atoms with Gasteiger partial charge in [-0.1, -0.05) is 60.4 Å². The molecule has 0 unspecified atom stereocenters. The summed E-state index contributed by atoms with van der Waals surface area (Å²) in [7, 11) is 1.99. The van der Waals surface area contributed by atoms with Crippen LogP contribution in [0, 0.1) is 0 Å². The Morgan fingerprint density at radius 2 is 1.59 bits per heavy atom. The van der Waals surface area contributed by atoms with Gasteiger partial charge in [-0.25, -0.2) is 0 Å². The van der Waals surface area contributed by atoms with E-state index in [9.17, 15) is 9.90 Å². The Morgan fingerprint density at radius 1 is 0.912 bits per heavy atom. The molecule has 0 amide bonds. The Hall–Kier alpha value is -4.18. The van der Waals surface area contributed by atoms with Crippen LogP contribution in [0.1, 0.15) is 25.0 Å². The third-order valence-electron chi connectivity index (χ3n) is 7.18. The number of hydrogen-bond donors (Lipinski definition) is 0. The van der Waals surface area contributed by atoms with Crippen LogP contribution in [0.3, 0.4) is 0 Å². The summed E-state index contributed by atoms with van der Waals surface area (Å²) < 4.78 is 4.13. The summed E-state index contributed by atoms with van der Waals surface area (Å²) in [6.45, 7) is 4.26. The highest BCUT2D eigenvalue weighted by Crippen LogP contribution is 2.43. The molecule has 1 aliphatic heterocycles. The van der Waals surface area contributed by atoms with E-state index in [4.69, 9.17) is 0 Å². The lowest BCUT2D eigenvalue weighted by atomic mass is 9.77. The Bertz CT molecular complexity index is 1600. The van der Waals surface area contributed by atoms with E-state index in [1.807, 2.05) is 84.5 Å². The molecule has 0 bridgehead atoms. The second-order valence-corrected chi connectivity index (χ2v) is 9.44. The highest BCUT2D eigenvalue weighted by Gasteiger charge is 2.44. The summed E-state index contributed by atoms with van der Waals surface area (Å²) in [5.74, 6) is -0.373. The molecular formula is C30H24N2O2. The van der Waals surface area contributed by atoms with Crippen LogP contribution in [0.5, 0.6) is 0 Å². The number of carbonyl (C=O) groups excluding carboxylic acids is 1. The molecule has 0 saturated carbocycles. The summed E-state index contributed by atoms with van der Waals surface area (Å²) in [6, 6.07) is 26.1.